The lowest BCUT2D eigenvalue weighted by atomic mass is 9.75. The third kappa shape index (κ3) is 2.25. The fraction of sp³-hybridized carbons (Fsp3) is 0.571. The minimum absolute atomic E-state index is 0.110. The summed E-state index contributed by atoms with van der Waals surface area (Å²) in [6.07, 6.45) is 4.35. The number of nitrogens with zero attached hydrogens (tertiary/aromatic N) is 1. The highest BCUT2D eigenvalue weighted by molar-refractivity contribution is 5.96. The van der Waals surface area contributed by atoms with Gasteiger partial charge in [-0.1, -0.05) is 13.8 Å². The average Bonchev–Trinajstić information content (AvgIpc) is 2.82. The Morgan fingerprint density at radius 3 is 2.89 bits per heavy atom. The first-order valence-corrected chi connectivity index (χ1v) is 6.49. The van der Waals surface area contributed by atoms with Crippen molar-refractivity contribution in [1.82, 2.24) is 10.3 Å². The van der Waals surface area contributed by atoms with Crippen molar-refractivity contribution in [3.63, 3.8) is 0 Å². The van der Waals surface area contributed by atoms with Crippen LogP contribution in [0.4, 0.5) is 5.69 Å². The molecule has 2 rings (SSSR count). The highest BCUT2D eigenvalue weighted by atomic mass is 16.2. The first-order chi connectivity index (χ1) is 8.56. The van der Waals surface area contributed by atoms with Gasteiger partial charge in [-0.2, -0.15) is 0 Å². The van der Waals surface area contributed by atoms with Gasteiger partial charge in [0.15, 0.2) is 0 Å². The van der Waals surface area contributed by atoms with E-state index >= 15 is 0 Å². The van der Waals surface area contributed by atoms with E-state index in [1.807, 2.05) is 13.0 Å². The summed E-state index contributed by atoms with van der Waals surface area (Å²) in [5, 5.41) is 6.33. The summed E-state index contributed by atoms with van der Waals surface area (Å²) in [7, 11) is 0. The first kappa shape index (κ1) is 13.0. The van der Waals surface area contributed by atoms with Crippen molar-refractivity contribution in [1.29, 1.82) is 0 Å². The van der Waals surface area contributed by atoms with Crippen LogP contribution in [0, 0.1) is 18.3 Å². The number of anilines is 1. The van der Waals surface area contributed by atoms with E-state index in [-0.39, 0.29) is 11.3 Å². The Morgan fingerprint density at radius 2 is 2.33 bits per heavy atom. The number of pyridine rings is 1. The Balaban J connectivity index is 2.19. The van der Waals surface area contributed by atoms with E-state index in [0.717, 1.165) is 30.8 Å². The number of hydrogen-bond donors (Lipinski definition) is 2. The topological polar surface area (TPSA) is 54.0 Å². The largest absolute Gasteiger partial charge is 0.324 e. The zero-order chi connectivity index (χ0) is 13.2. The smallest absolute Gasteiger partial charge is 0.232 e. The predicted octanol–water partition coefficient (Wildman–Crippen LogP) is 1.96. The molecule has 1 unspecified atom stereocenters. The second kappa shape index (κ2) is 5.06. The van der Waals surface area contributed by atoms with Crippen LogP contribution < -0.4 is 10.6 Å². The van der Waals surface area contributed by atoms with Gasteiger partial charge in [0, 0.05) is 12.7 Å². The van der Waals surface area contributed by atoms with Gasteiger partial charge in [0.25, 0.3) is 0 Å². The van der Waals surface area contributed by atoms with E-state index in [1.165, 1.54) is 0 Å². The van der Waals surface area contributed by atoms with Crippen molar-refractivity contribution in [3.8, 4) is 0 Å². The lowest BCUT2D eigenvalue weighted by Crippen LogP contribution is -2.42. The highest BCUT2D eigenvalue weighted by Gasteiger charge is 2.43. The van der Waals surface area contributed by atoms with Gasteiger partial charge in [-0.15, -0.1) is 0 Å². The van der Waals surface area contributed by atoms with Crippen molar-refractivity contribution in [3.05, 3.63) is 24.0 Å². The molecule has 4 nitrogen and oxygen atoms in total. The molecule has 4 heteroatoms. The summed E-state index contributed by atoms with van der Waals surface area (Å²) in [5.41, 5.74) is 1.57. The minimum Gasteiger partial charge on any atom is -0.324 e. The van der Waals surface area contributed by atoms with Gasteiger partial charge in [0.2, 0.25) is 5.91 Å². The van der Waals surface area contributed by atoms with Gasteiger partial charge < -0.3 is 10.6 Å². The predicted molar refractivity (Wildman–Crippen MR) is 72.4 cm³/mol. The van der Waals surface area contributed by atoms with Crippen LogP contribution >= 0.6 is 0 Å². The van der Waals surface area contributed by atoms with Crippen LogP contribution in [0.25, 0.3) is 0 Å². The summed E-state index contributed by atoms with van der Waals surface area (Å²) < 4.78 is 0. The maximum absolute atomic E-state index is 12.6. The second-order valence-electron chi connectivity index (χ2n) is 5.38. The fourth-order valence-corrected chi connectivity index (χ4v) is 2.50. The third-order valence-corrected chi connectivity index (χ3v) is 4.03. The molecule has 1 amide bonds. The normalized spacial score (nSPS) is 23.3. The van der Waals surface area contributed by atoms with Gasteiger partial charge >= 0.3 is 0 Å². The molecule has 1 atom stereocenters. The Labute approximate surface area is 108 Å². The number of aromatic nitrogens is 1. The Bertz CT molecular complexity index is 436. The summed E-state index contributed by atoms with van der Waals surface area (Å²) in [6, 6.07) is 1.91. The van der Waals surface area contributed by atoms with Crippen LogP contribution in [0.2, 0.25) is 0 Å². The fourth-order valence-electron chi connectivity index (χ4n) is 2.50. The molecule has 0 spiro atoms. The Morgan fingerprint density at radius 1 is 1.56 bits per heavy atom. The Kier molecular flexibility index (Phi) is 3.66. The van der Waals surface area contributed by atoms with Crippen LogP contribution in [0.1, 0.15) is 25.8 Å². The molecule has 1 aromatic rings. The molecule has 1 saturated heterocycles. The lowest BCUT2D eigenvalue weighted by Gasteiger charge is -2.31. The molecule has 1 aliphatic rings. The molecule has 0 aromatic carbocycles. The monoisotopic (exact) mass is 247 g/mol. The molecule has 1 aromatic heterocycles. The first-order valence-electron chi connectivity index (χ1n) is 6.49. The van der Waals surface area contributed by atoms with Crippen molar-refractivity contribution in [2.24, 2.45) is 11.3 Å². The highest BCUT2D eigenvalue weighted by Crippen LogP contribution is 2.35. The molecule has 0 radical (unpaired) electrons. The van der Waals surface area contributed by atoms with Gasteiger partial charge in [0.05, 0.1) is 17.3 Å². The van der Waals surface area contributed by atoms with E-state index in [0.29, 0.717) is 5.92 Å². The maximum atomic E-state index is 12.6. The average molecular weight is 247 g/mol. The molecule has 1 aliphatic heterocycles. The van der Waals surface area contributed by atoms with Crippen molar-refractivity contribution >= 4 is 11.6 Å². The summed E-state index contributed by atoms with van der Waals surface area (Å²) in [6.45, 7) is 7.88. The lowest BCUT2D eigenvalue weighted by molar-refractivity contribution is -0.126. The summed E-state index contributed by atoms with van der Waals surface area (Å²) in [4.78, 5) is 16.6. The van der Waals surface area contributed by atoms with E-state index in [2.05, 4.69) is 29.5 Å². The number of carbonyl (C=O) groups excluding carboxylic acids is 1. The second-order valence-corrected chi connectivity index (χ2v) is 5.38. The van der Waals surface area contributed by atoms with Crippen LogP contribution in [0.5, 0.6) is 0 Å². The number of carbonyl (C=O) groups is 1. The van der Waals surface area contributed by atoms with Gasteiger partial charge in [-0.05, 0) is 37.4 Å². The molecular weight excluding hydrogens is 226 g/mol. The van der Waals surface area contributed by atoms with Crippen LogP contribution in [0.15, 0.2) is 18.5 Å². The maximum Gasteiger partial charge on any atom is 0.232 e. The van der Waals surface area contributed by atoms with Crippen molar-refractivity contribution in [2.75, 3.05) is 18.4 Å². The van der Waals surface area contributed by atoms with E-state index < -0.39 is 0 Å². The SMILES string of the molecule is Cc1ccncc1NC(=O)C1(C(C)C)CCNC1. The van der Waals surface area contributed by atoms with E-state index in [1.54, 1.807) is 12.4 Å². The molecule has 98 valence electrons. The van der Waals surface area contributed by atoms with Crippen LogP contribution in [0.3, 0.4) is 0 Å². The minimum atomic E-state index is -0.289. The number of amides is 1. The van der Waals surface area contributed by atoms with Gasteiger partial charge in [-0.25, -0.2) is 0 Å². The molecule has 1 fully saturated rings. The zero-order valence-electron chi connectivity index (χ0n) is 11.3. The number of nitrogens with one attached hydrogen (secondary N) is 2. The van der Waals surface area contributed by atoms with Crippen LogP contribution in [-0.4, -0.2) is 24.0 Å². The standard InChI is InChI=1S/C14H21N3O/c1-10(2)14(5-7-16-9-14)13(18)17-12-8-15-6-4-11(12)3/h4,6,8,10,16H,5,7,9H2,1-3H3,(H,17,18). The zero-order valence-corrected chi connectivity index (χ0v) is 11.3. The van der Waals surface area contributed by atoms with Crippen molar-refractivity contribution < 1.29 is 4.79 Å². The van der Waals surface area contributed by atoms with Crippen LogP contribution in [-0.2, 0) is 4.79 Å². The molecule has 0 aliphatic carbocycles. The quantitative estimate of drug-likeness (QED) is 0.858. The number of aryl methyl sites for hydroxylation is 1. The molecule has 2 heterocycles. The molecule has 2 N–H and O–H groups in total. The van der Waals surface area contributed by atoms with E-state index in [9.17, 15) is 4.79 Å². The number of rotatable bonds is 3. The Hall–Kier alpha value is -1.42. The number of hydrogen-bond acceptors (Lipinski definition) is 3. The molecule has 18 heavy (non-hydrogen) atoms. The van der Waals surface area contributed by atoms with Gasteiger partial charge in [0.1, 0.15) is 0 Å². The van der Waals surface area contributed by atoms with Crippen molar-refractivity contribution in [2.45, 2.75) is 27.2 Å². The third-order valence-electron chi connectivity index (χ3n) is 4.03. The summed E-state index contributed by atoms with van der Waals surface area (Å²) in [5.74, 6) is 0.433. The van der Waals surface area contributed by atoms with E-state index in [4.69, 9.17) is 0 Å². The molecule has 0 bridgehead atoms. The molecular formula is C14H21N3O. The summed E-state index contributed by atoms with van der Waals surface area (Å²) >= 11 is 0. The van der Waals surface area contributed by atoms with Gasteiger partial charge in [-0.3, -0.25) is 9.78 Å². The molecule has 0 saturated carbocycles.